The number of ether oxygens (including phenoxy) is 1. The average molecular weight is 205 g/mol. The molecule has 0 radical (unpaired) electrons. The van der Waals surface area contributed by atoms with Crippen LogP contribution in [0.1, 0.15) is 16.2 Å². The third kappa shape index (κ3) is 1.45. The van der Waals surface area contributed by atoms with E-state index in [-0.39, 0.29) is 0 Å². The van der Waals surface area contributed by atoms with Gasteiger partial charge in [-0.3, -0.25) is 0 Å². The molecule has 0 aliphatic heterocycles. The summed E-state index contributed by atoms with van der Waals surface area (Å²) in [4.78, 5) is 19.6. The molecule has 0 atom stereocenters. The van der Waals surface area contributed by atoms with Gasteiger partial charge >= 0.3 is 5.97 Å². The minimum Gasteiger partial charge on any atom is -0.464 e. The second kappa shape index (κ2) is 3.34. The van der Waals surface area contributed by atoms with Gasteiger partial charge in [-0.2, -0.15) is 0 Å². The first kappa shape index (κ1) is 9.64. The Morgan fingerprint density at radius 1 is 1.53 bits per heavy atom. The number of esters is 1. The molecule has 0 bridgehead atoms. The zero-order valence-corrected chi connectivity index (χ0v) is 8.81. The van der Waals surface area contributed by atoms with Crippen LogP contribution >= 0.6 is 0 Å². The van der Waals surface area contributed by atoms with Gasteiger partial charge in [0.25, 0.3) is 0 Å². The van der Waals surface area contributed by atoms with Crippen molar-refractivity contribution in [2.45, 2.75) is 6.92 Å². The van der Waals surface area contributed by atoms with Crippen LogP contribution in [0.5, 0.6) is 0 Å². The van der Waals surface area contributed by atoms with Gasteiger partial charge in [-0.25, -0.2) is 14.8 Å². The number of carbonyl (C=O) groups is 1. The first-order valence-corrected chi connectivity index (χ1v) is 4.50. The van der Waals surface area contributed by atoms with E-state index in [0.29, 0.717) is 5.69 Å². The van der Waals surface area contributed by atoms with Crippen LogP contribution in [-0.2, 0) is 11.8 Å². The van der Waals surface area contributed by atoms with Crippen LogP contribution in [0.15, 0.2) is 12.4 Å². The lowest BCUT2D eigenvalue weighted by atomic mass is 10.2. The van der Waals surface area contributed by atoms with Crippen LogP contribution in [0.2, 0.25) is 0 Å². The fraction of sp³-hybridized carbons (Fsp3) is 0.300. The average Bonchev–Trinajstić information content (AvgIpc) is 2.59. The number of imidazole rings is 1. The summed E-state index contributed by atoms with van der Waals surface area (Å²) in [6, 6.07) is 1.63. The van der Waals surface area contributed by atoms with Crippen LogP contribution in [-0.4, -0.2) is 27.6 Å². The van der Waals surface area contributed by atoms with E-state index in [1.807, 2.05) is 18.5 Å². The number of hydrogen-bond donors (Lipinski definition) is 0. The number of hydrogen-bond acceptors (Lipinski definition) is 4. The quantitative estimate of drug-likeness (QED) is 0.653. The summed E-state index contributed by atoms with van der Waals surface area (Å²) in [5.41, 5.74) is 2.75. The second-order valence-corrected chi connectivity index (χ2v) is 3.31. The van der Waals surface area contributed by atoms with Gasteiger partial charge in [-0.1, -0.05) is 0 Å². The maximum atomic E-state index is 11.3. The van der Waals surface area contributed by atoms with Crippen molar-refractivity contribution >= 4 is 17.0 Å². The normalized spacial score (nSPS) is 10.6. The Morgan fingerprint density at radius 3 is 2.93 bits per heavy atom. The summed E-state index contributed by atoms with van der Waals surface area (Å²) >= 11 is 0. The van der Waals surface area contributed by atoms with Gasteiger partial charge < -0.3 is 9.30 Å². The van der Waals surface area contributed by atoms with E-state index in [1.54, 1.807) is 12.4 Å². The molecule has 15 heavy (non-hydrogen) atoms. The lowest BCUT2D eigenvalue weighted by Gasteiger charge is -2.02. The van der Waals surface area contributed by atoms with Crippen molar-refractivity contribution in [2.24, 2.45) is 7.05 Å². The molecular formula is C10H11N3O2. The van der Waals surface area contributed by atoms with Crippen molar-refractivity contribution in [1.29, 1.82) is 0 Å². The van der Waals surface area contributed by atoms with Gasteiger partial charge in [-0.05, 0) is 13.0 Å². The fourth-order valence-corrected chi connectivity index (χ4v) is 1.60. The molecule has 5 heteroatoms. The third-order valence-electron chi connectivity index (χ3n) is 2.26. The highest BCUT2D eigenvalue weighted by Crippen LogP contribution is 2.16. The predicted molar refractivity (Wildman–Crippen MR) is 54.6 cm³/mol. The van der Waals surface area contributed by atoms with Crippen molar-refractivity contribution in [3.05, 3.63) is 23.8 Å². The highest BCUT2D eigenvalue weighted by molar-refractivity contribution is 5.91. The van der Waals surface area contributed by atoms with Gasteiger partial charge in [-0.15, -0.1) is 0 Å². The minimum absolute atomic E-state index is 0.293. The summed E-state index contributed by atoms with van der Waals surface area (Å²) in [6.07, 6.45) is 1.69. The molecule has 2 heterocycles. The molecule has 0 fully saturated rings. The van der Waals surface area contributed by atoms with Crippen molar-refractivity contribution < 1.29 is 9.53 Å². The van der Waals surface area contributed by atoms with E-state index in [0.717, 1.165) is 16.7 Å². The maximum Gasteiger partial charge on any atom is 0.356 e. The lowest BCUT2D eigenvalue weighted by molar-refractivity contribution is 0.0594. The number of carbonyl (C=O) groups excluding carboxylic acids is 1. The van der Waals surface area contributed by atoms with Crippen molar-refractivity contribution in [2.75, 3.05) is 7.11 Å². The Labute approximate surface area is 86.7 Å². The summed E-state index contributed by atoms with van der Waals surface area (Å²) in [6.45, 7) is 1.84. The number of rotatable bonds is 1. The van der Waals surface area contributed by atoms with Gasteiger partial charge in [0.1, 0.15) is 0 Å². The van der Waals surface area contributed by atoms with E-state index in [2.05, 4.69) is 14.7 Å². The van der Waals surface area contributed by atoms with E-state index in [4.69, 9.17) is 0 Å². The predicted octanol–water partition coefficient (Wildman–Crippen LogP) is 1.06. The van der Waals surface area contributed by atoms with E-state index < -0.39 is 5.97 Å². The van der Waals surface area contributed by atoms with Crippen LogP contribution in [0.3, 0.4) is 0 Å². The first-order chi connectivity index (χ1) is 7.13. The highest BCUT2D eigenvalue weighted by Gasteiger charge is 2.12. The topological polar surface area (TPSA) is 57.0 Å². The molecule has 2 aromatic rings. The summed E-state index contributed by atoms with van der Waals surface area (Å²) < 4.78 is 6.48. The van der Waals surface area contributed by atoms with Crippen LogP contribution in [0.25, 0.3) is 11.0 Å². The Morgan fingerprint density at radius 2 is 2.27 bits per heavy atom. The number of aromatic nitrogens is 3. The smallest absolute Gasteiger partial charge is 0.356 e. The minimum atomic E-state index is -0.439. The first-order valence-electron chi connectivity index (χ1n) is 4.50. The van der Waals surface area contributed by atoms with Gasteiger partial charge in [0.05, 0.1) is 30.2 Å². The molecule has 0 aromatic carbocycles. The van der Waals surface area contributed by atoms with E-state index in [1.165, 1.54) is 7.11 Å². The fourth-order valence-electron chi connectivity index (χ4n) is 1.60. The van der Waals surface area contributed by atoms with E-state index in [9.17, 15) is 4.79 Å². The van der Waals surface area contributed by atoms with Crippen LogP contribution in [0, 0.1) is 6.92 Å². The zero-order valence-electron chi connectivity index (χ0n) is 8.81. The number of aryl methyl sites for hydroxylation is 2. The molecule has 78 valence electrons. The van der Waals surface area contributed by atoms with Crippen molar-refractivity contribution in [1.82, 2.24) is 14.5 Å². The molecule has 0 saturated carbocycles. The van der Waals surface area contributed by atoms with Gasteiger partial charge in [0.15, 0.2) is 5.69 Å². The molecule has 0 spiro atoms. The molecule has 2 rings (SSSR count). The maximum absolute atomic E-state index is 11.3. The van der Waals surface area contributed by atoms with Gasteiger partial charge in [0, 0.05) is 7.05 Å². The largest absolute Gasteiger partial charge is 0.464 e. The lowest BCUT2D eigenvalue weighted by Crippen LogP contribution is -2.05. The van der Waals surface area contributed by atoms with Crippen LogP contribution < -0.4 is 0 Å². The van der Waals surface area contributed by atoms with Crippen molar-refractivity contribution in [3.63, 3.8) is 0 Å². The molecule has 0 aliphatic rings. The number of pyridine rings is 1. The molecule has 0 N–H and O–H groups in total. The van der Waals surface area contributed by atoms with Gasteiger partial charge in [0.2, 0.25) is 0 Å². The molecule has 2 aromatic heterocycles. The number of nitrogens with zero attached hydrogens (tertiary/aromatic N) is 3. The van der Waals surface area contributed by atoms with Crippen LogP contribution in [0.4, 0.5) is 0 Å². The molecular weight excluding hydrogens is 194 g/mol. The molecule has 0 unspecified atom stereocenters. The number of fused-ring (bicyclic) bond motifs is 1. The SMILES string of the molecule is COC(=O)c1cc2ncn(C)c2c(C)n1. The van der Waals surface area contributed by atoms with Crippen molar-refractivity contribution in [3.8, 4) is 0 Å². The Kier molecular flexibility index (Phi) is 2.15. The van der Waals surface area contributed by atoms with E-state index >= 15 is 0 Å². The third-order valence-corrected chi connectivity index (χ3v) is 2.26. The Bertz CT molecular complexity index is 531. The monoisotopic (exact) mass is 205 g/mol. The molecule has 0 aliphatic carbocycles. The number of methoxy groups -OCH3 is 1. The summed E-state index contributed by atoms with van der Waals surface area (Å²) in [5, 5.41) is 0. The zero-order chi connectivity index (χ0) is 11.0. The molecule has 5 nitrogen and oxygen atoms in total. The standard InChI is InChI=1S/C10H11N3O2/c1-6-9-7(11-5-13(9)2)4-8(12-6)10(14)15-3/h4-5H,1-3H3. The Hall–Kier alpha value is -1.91. The highest BCUT2D eigenvalue weighted by atomic mass is 16.5. The molecule has 0 saturated heterocycles. The Balaban J connectivity index is 2.68. The molecule has 0 amide bonds. The second-order valence-electron chi connectivity index (χ2n) is 3.31. The summed E-state index contributed by atoms with van der Waals surface area (Å²) in [5.74, 6) is -0.439. The summed E-state index contributed by atoms with van der Waals surface area (Å²) in [7, 11) is 3.23.